The van der Waals surface area contributed by atoms with E-state index in [1.54, 1.807) is 6.07 Å². The zero-order valence-corrected chi connectivity index (χ0v) is 20.1. The van der Waals surface area contributed by atoms with Gasteiger partial charge in [-0.05, 0) is 76.3 Å². The zero-order chi connectivity index (χ0) is 24.4. The summed E-state index contributed by atoms with van der Waals surface area (Å²) >= 11 is 3.57. The van der Waals surface area contributed by atoms with Crippen molar-refractivity contribution in [2.24, 2.45) is 0 Å². The molecule has 0 unspecified atom stereocenters. The number of pyridine rings is 1. The summed E-state index contributed by atoms with van der Waals surface area (Å²) in [5.74, 6) is 0.770. The van der Waals surface area contributed by atoms with E-state index >= 15 is 0 Å². The van der Waals surface area contributed by atoms with Crippen LogP contribution in [0.4, 0.5) is 5.82 Å². The summed E-state index contributed by atoms with van der Waals surface area (Å²) in [7, 11) is 0. The van der Waals surface area contributed by atoms with Crippen LogP contribution >= 0.6 is 15.9 Å². The van der Waals surface area contributed by atoms with Gasteiger partial charge in [0.05, 0.1) is 32.9 Å². The Balaban J connectivity index is 1.70. The van der Waals surface area contributed by atoms with Crippen molar-refractivity contribution in [1.82, 2.24) is 4.98 Å². The van der Waals surface area contributed by atoms with Crippen LogP contribution in [-0.2, 0) is 6.61 Å². The summed E-state index contributed by atoms with van der Waals surface area (Å²) in [5.41, 5.74) is 12.6. The predicted octanol–water partition coefficient (Wildman–Crippen LogP) is 5.91. The van der Waals surface area contributed by atoms with E-state index in [0.717, 1.165) is 32.3 Å². The van der Waals surface area contributed by atoms with Gasteiger partial charge in [-0.3, -0.25) is 0 Å². The number of hydrogen-bond donors (Lipinski definition) is 1. The van der Waals surface area contributed by atoms with Crippen LogP contribution in [0.15, 0.2) is 52.5 Å². The molecular weight excluding hydrogens is 490 g/mol. The molecule has 0 saturated heterocycles. The number of hydrogen-bond acceptors (Lipinski definition) is 6. The summed E-state index contributed by atoms with van der Waals surface area (Å²) in [6.45, 7) is 3.96. The highest BCUT2D eigenvalue weighted by molar-refractivity contribution is 9.10. The molecule has 164 valence electrons. The van der Waals surface area contributed by atoms with Crippen LogP contribution in [-0.4, -0.2) is 4.98 Å². The molecule has 0 atom stereocenters. The number of anilines is 1. The van der Waals surface area contributed by atoms with Crippen LogP contribution in [0.5, 0.6) is 5.75 Å². The van der Waals surface area contributed by atoms with Crippen molar-refractivity contribution in [3.8, 4) is 24.0 Å². The van der Waals surface area contributed by atoms with Gasteiger partial charge in [0.2, 0.25) is 0 Å². The quantitative estimate of drug-likeness (QED) is 0.468. The Morgan fingerprint density at radius 3 is 2.50 bits per heavy atom. The Bertz CT molecular complexity index is 1530. The van der Waals surface area contributed by atoms with E-state index < -0.39 is 0 Å². The molecule has 1 aromatic heterocycles. The van der Waals surface area contributed by atoms with Gasteiger partial charge >= 0.3 is 0 Å². The lowest BCUT2D eigenvalue weighted by atomic mass is 9.95. The molecule has 3 aromatic rings. The molecule has 0 bridgehead atoms. The lowest BCUT2D eigenvalue weighted by molar-refractivity contribution is 0.304. The Labute approximate surface area is 206 Å². The molecule has 0 radical (unpaired) electrons. The van der Waals surface area contributed by atoms with E-state index in [1.165, 1.54) is 0 Å². The first-order valence-electron chi connectivity index (χ1n) is 10.3. The van der Waals surface area contributed by atoms with Crippen LogP contribution < -0.4 is 10.5 Å². The van der Waals surface area contributed by atoms with E-state index in [1.807, 2.05) is 56.3 Å². The average Bonchev–Trinajstić information content (AvgIpc) is 3.09. The number of aromatic nitrogens is 1. The molecule has 0 saturated carbocycles. The monoisotopic (exact) mass is 507 g/mol. The Morgan fingerprint density at radius 1 is 1.06 bits per heavy atom. The second-order valence-corrected chi connectivity index (χ2v) is 8.60. The van der Waals surface area contributed by atoms with Gasteiger partial charge in [-0.15, -0.1) is 0 Å². The van der Waals surface area contributed by atoms with Gasteiger partial charge in [0.1, 0.15) is 30.3 Å². The van der Waals surface area contributed by atoms with Crippen molar-refractivity contribution in [1.29, 1.82) is 15.8 Å². The lowest BCUT2D eigenvalue weighted by Crippen LogP contribution is -2.03. The normalized spacial score (nSPS) is 13.2. The molecule has 1 heterocycles. The van der Waals surface area contributed by atoms with E-state index in [-0.39, 0.29) is 12.4 Å². The van der Waals surface area contributed by atoms with Crippen molar-refractivity contribution in [2.45, 2.75) is 20.5 Å². The van der Waals surface area contributed by atoms with Gasteiger partial charge in [-0.25, -0.2) is 4.98 Å². The summed E-state index contributed by atoms with van der Waals surface area (Å²) in [4.78, 5) is 4.36. The number of nitriles is 3. The van der Waals surface area contributed by atoms with Crippen LogP contribution in [0.25, 0.3) is 17.2 Å². The van der Waals surface area contributed by atoms with Crippen molar-refractivity contribution in [3.63, 3.8) is 0 Å². The average molecular weight is 508 g/mol. The minimum atomic E-state index is 0.128. The van der Waals surface area contributed by atoms with E-state index in [0.29, 0.717) is 33.7 Å². The topological polar surface area (TPSA) is 120 Å². The Hall–Kier alpha value is -4.38. The minimum Gasteiger partial charge on any atom is -0.488 e. The fraction of sp³-hybridized carbons (Fsp3) is 0.111. The van der Waals surface area contributed by atoms with Gasteiger partial charge < -0.3 is 10.5 Å². The van der Waals surface area contributed by atoms with Crippen LogP contribution in [0.2, 0.25) is 0 Å². The number of fused-ring (bicyclic) bond motifs is 1. The molecule has 7 heteroatoms. The Morgan fingerprint density at radius 2 is 1.82 bits per heavy atom. The Kier molecular flexibility index (Phi) is 6.19. The van der Waals surface area contributed by atoms with Crippen molar-refractivity contribution in [3.05, 3.63) is 91.6 Å². The fourth-order valence-corrected chi connectivity index (χ4v) is 4.51. The number of benzene rings is 2. The van der Waals surface area contributed by atoms with Gasteiger partial charge in [-0.1, -0.05) is 24.3 Å². The molecule has 2 N–H and O–H groups in total. The number of ether oxygens (including phenoxy) is 1. The summed E-state index contributed by atoms with van der Waals surface area (Å²) in [5, 5.41) is 28.5. The molecule has 34 heavy (non-hydrogen) atoms. The molecule has 1 aliphatic carbocycles. The van der Waals surface area contributed by atoms with Crippen LogP contribution in [0.1, 0.15) is 46.0 Å². The fourth-order valence-electron chi connectivity index (χ4n) is 4.00. The maximum Gasteiger partial charge on any atom is 0.142 e. The number of nitrogen functional groups attached to an aromatic ring is 1. The van der Waals surface area contributed by atoms with E-state index in [2.05, 4.69) is 39.1 Å². The molecule has 0 aliphatic heterocycles. The first-order valence-corrected chi connectivity index (χ1v) is 11.1. The molecule has 0 amide bonds. The van der Waals surface area contributed by atoms with Gasteiger partial charge in [0, 0.05) is 11.1 Å². The van der Waals surface area contributed by atoms with Crippen molar-refractivity contribution in [2.75, 3.05) is 5.73 Å². The third-order valence-electron chi connectivity index (χ3n) is 5.77. The number of allylic oxidation sites excluding steroid dienone is 3. The molecular formula is C27H18BrN5O. The summed E-state index contributed by atoms with van der Waals surface area (Å²) in [6, 6.07) is 19.5. The molecule has 0 spiro atoms. The third-order valence-corrected chi connectivity index (χ3v) is 6.39. The second-order valence-electron chi connectivity index (χ2n) is 7.75. The largest absolute Gasteiger partial charge is 0.488 e. The van der Waals surface area contributed by atoms with Gasteiger partial charge in [0.25, 0.3) is 0 Å². The number of nitrogens with zero attached hydrogens (tertiary/aromatic N) is 4. The zero-order valence-electron chi connectivity index (χ0n) is 18.5. The molecule has 1 aliphatic rings. The lowest BCUT2D eigenvalue weighted by Gasteiger charge is -2.12. The molecule has 0 fully saturated rings. The second kappa shape index (κ2) is 9.24. The highest BCUT2D eigenvalue weighted by Gasteiger charge is 2.29. The molecule has 4 rings (SSSR count). The SMILES string of the molecule is CC1=C(C#N)c2nc(N)c(C#N)c(C)c2/C1=C\c1ccc(OCc2ccccc2C#N)c(Br)c1. The number of halogens is 1. The summed E-state index contributed by atoms with van der Waals surface area (Å²) < 4.78 is 6.69. The summed E-state index contributed by atoms with van der Waals surface area (Å²) in [6.07, 6.45) is 1.96. The first kappa shape index (κ1) is 22.8. The number of nitrogens with two attached hydrogens (primary N) is 1. The first-order chi connectivity index (χ1) is 16.4. The van der Waals surface area contributed by atoms with E-state index in [4.69, 9.17) is 10.5 Å². The van der Waals surface area contributed by atoms with Crippen molar-refractivity contribution >= 4 is 39.0 Å². The standard InChI is InChI=1S/C27H18BrN5O/c1-15-20(25-16(2)22(13-31)27(32)33-26(25)21(15)12-30)9-17-7-8-24(23(28)10-17)34-14-19-6-4-3-5-18(19)11-29/h3-10H,14H2,1-2H3,(H2,32,33)/b20-9-. The molecule has 2 aromatic carbocycles. The van der Waals surface area contributed by atoms with Crippen LogP contribution in [0.3, 0.4) is 0 Å². The van der Waals surface area contributed by atoms with Crippen LogP contribution in [0, 0.1) is 40.9 Å². The number of rotatable bonds is 4. The maximum absolute atomic E-state index is 9.72. The third kappa shape index (κ3) is 3.92. The highest BCUT2D eigenvalue weighted by Crippen LogP contribution is 2.44. The smallest absolute Gasteiger partial charge is 0.142 e. The molecule has 6 nitrogen and oxygen atoms in total. The van der Waals surface area contributed by atoms with Gasteiger partial charge in [0.15, 0.2) is 0 Å². The highest BCUT2D eigenvalue weighted by atomic mass is 79.9. The van der Waals surface area contributed by atoms with E-state index in [9.17, 15) is 15.8 Å². The maximum atomic E-state index is 9.72. The minimum absolute atomic E-state index is 0.128. The van der Waals surface area contributed by atoms with Gasteiger partial charge in [-0.2, -0.15) is 15.8 Å². The van der Waals surface area contributed by atoms with Crippen molar-refractivity contribution < 1.29 is 4.74 Å². The predicted molar refractivity (Wildman–Crippen MR) is 134 cm³/mol.